The van der Waals surface area contributed by atoms with Crippen LogP contribution in [0.25, 0.3) is 0 Å². The average molecular weight is 344 g/mol. The van der Waals surface area contributed by atoms with E-state index >= 15 is 0 Å². The van der Waals surface area contributed by atoms with Gasteiger partial charge in [0.25, 0.3) is 0 Å². The number of carbonyl (C=O) groups is 2. The predicted octanol–water partition coefficient (Wildman–Crippen LogP) is 1.97. The van der Waals surface area contributed by atoms with Gasteiger partial charge in [-0.3, -0.25) is 15.0 Å². The summed E-state index contributed by atoms with van der Waals surface area (Å²) in [5.74, 6) is -0.219. The van der Waals surface area contributed by atoms with Crippen molar-refractivity contribution in [2.24, 2.45) is 0 Å². The van der Waals surface area contributed by atoms with Crippen LogP contribution in [-0.2, 0) is 4.79 Å². The molecule has 3 rings (SSSR count). The van der Waals surface area contributed by atoms with E-state index in [-0.39, 0.29) is 24.0 Å². The molecule has 1 aromatic rings. The third-order valence-corrected chi connectivity index (χ3v) is 5.29. The van der Waals surface area contributed by atoms with E-state index in [4.69, 9.17) is 0 Å². The fourth-order valence-electron chi connectivity index (χ4n) is 3.68. The zero-order valence-corrected chi connectivity index (χ0v) is 14.9. The molecule has 6 nitrogen and oxygen atoms in total. The molecule has 3 amide bonds. The molecule has 2 fully saturated rings. The monoisotopic (exact) mass is 344 g/mol. The molecule has 2 aliphatic rings. The molecule has 1 aliphatic carbocycles. The highest BCUT2D eigenvalue weighted by atomic mass is 16.2. The Bertz CT molecular complexity index is 578. The summed E-state index contributed by atoms with van der Waals surface area (Å²) in [4.78, 5) is 28.8. The van der Waals surface area contributed by atoms with Gasteiger partial charge in [-0.25, -0.2) is 4.79 Å². The number of anilines is 1. The second-order valence-corrected chi connectivity index (χ2v) is 6.98. The summed E-state index contributed by atoms with van der Waals surface area (Å²) in [6.45, 7) is 5.27. The second kappa shape index (κ2) is 8.34. The van der Waals surface area contributed by atoms with Gasteiger partial charge in [-0.15, -0.1) is 0 Å². The van der Waals surface area contributed by atoms with Gasteiger partial charge in [0, 0.05) is 37.9 Å². The minimum Gasteiger partial charge on any atom is -0.369 e. The molecule has 0 radical (unpaired) electrons. The topological polar surface area (TPSA) is 64.7 Å². The van der Waals surface area contributed by atoms with Crippen molar-refractivity contribution in [3.05, 3.63) is 30.3 Å². The van der Waals surface area contributed by atoms with Crippen molar-refractivity contribution < 1.29 is 9.59 Å². The second-order valence-electron chi connectivity index (χ2n) is 6.98. The van der Waals surface area contributed by atoms with Crippen molar-refractivity contribution in [2.75, 3.05) is 31.1 Å². The van der Waals surface area contributed by atoms with Crippen molar-refractivity contribution in [3.8, 4) is 0 Å². The molecule has 25 heavy (non-hydrogen) atoms. The Morgan fingerprint density at radius 3 is 2.32 bits per heavy atom. The van der Waals surface area contributed by atoms with Crippen LogP contribution >= 0.6 is 0 Å². The molecule has 1 saturated carbocycles. The first-order chi connectivity index (χ1) is 12.1. The average Bonchev–Trinajstić information content (AvgIpc) is 3.14. The fraction of sp³-hybridized carbons (Fsp3) is 0.579. The number of benzene rings is 1. The van der Waals surface area contributed by atoms with Crippen LogP contribution in [-0.4, -0.2) is 55.1 Å². The van der Waals surface area contributed by atoms with Crippen molar-refractivity contribution in [1.29, 1.82) is 0 Å². The molecule has 136 valence electrons. The number of hydrogen-bond acceptors (Lipinski definition) is 4. The van der Waals surface area contributed by atoms with Crippen LogP contribution in [0.5, 0.6) is 0 Å². The predicted molar refractivity (Wildman–Crippen MR) is 98.6 cm³/mol. The molecule has 0 spiro atoms. The van der Waals surface area contributed by atoms with Crippen molar-refractivity contribution >= 4 is 17.6 Å². The van der Waals surface area contributed by atoms with Gasteiger partial charge in [0.15, 0.2) is 0 Å². The van der Waals surface area contributed by atoms with E-state index in [0.717, 1.165) is 51.9 Å². The highest BCUT2D eigenvalue weighted by Crippen LogP contribution is 2.18. The summed E-state index contributed by atoms with van der Waals surface area (Å²) in [6.07, 6.45) is 4.33. The summed E-state index contributed by atoms with van der Waals surface area (Å²) in [7, 11) is 0. The number of rotatable bonds is 4. The van der Waals surface area contributed by atoms with E-state index in [0.29, 0.717) is 0 Å². The van der Waals surface area contributed by atoms with E-state index in [2.05, 4.69) is 32.6 Å². The first-order valence-electron chi connectivity index (χ1n) is 9.29. The summed E-state index contributed by atoms with van der Waals surface area (Å²) >= 11 is 0. The number of amides is 3. The molecule has 2 N–H and O–H groups in total. The van der Waals surface area contributed by atoms with Crippen molar-refractivity contribution in [3.63, 3.8) is 0 Å². The van der Waals surface area contributed by atoms with Gasteiger partial charge < -0.3 is 10.2 Å². The third kappa shape index (κ3) is 4.72. The number of nitrogens with one attached hydrogen (secondary N) is 2. The van der Waals surface area contributed by atoms with Crippen LogP contribution in [0.4, 0.5) is 10.5 Å². The largest absolute Gasteiger partial charge is 0.369 e. The van der Waals surface area contributed by atoms with E-state index in [1.807, 2.05) is 25.1 Å². The SMILES string of the molecule is C[C@H](C(=O)NC(=O)NC1CCCC1)N1CCN(c2ccccc2)CC1. The van der Waals surface area contributed by atoms with Crippen LogP contribution in [0.2, 0.25) is 0 Å². The van der Waals surface area contributed by atoms with E-state index in [1.165, 1.54) is 5.69 Å². The Labute approximate surface area is 149 Å². The van der Waals surface area contributed by atoms with E-state index < -0.39 is 0 Å². The third-order valence-electron chi connectivity index (χ3n) is 5.29. The van der Waals surface area contributed by atoms with E-state index in [1.54, 1.807) is 0 Å². The molecule has 1 heterocycles. The molecular formula is C19H28N4O2. The van der Waals surface area contributed by atoms with Crippen molar-refractivity contribution in [1.82, 2.24) is 15.5 Å². The van der Waals surface area contributed by atoms with Gasteiger partial charge in [0.1, 0.15) is 0 Å². The molecule has 1 aliphatic heterocycles. The van der Waals surface area contributed by atoms with Gasteiger partial charge in [-0.2, -0.15) is 0 Å². The highest BCUT2D eigenvalue weighted by molar-refractivity contribution is 5.96. The first-order valence-corrected chi connectivity index (χ1v) is 9.29. The number of urea groups is 1. The maximum atomic E-state index is 12.4. The number of imide groups is 1. The maximum Gasteiger partial charge on any atom is 0.321 e. The minimum absolute atomic E-state index is 0.219. The maximum absolute atomic E-state index is 12.4. The zero-order valence-electron chi connectivity index (χ0n) is 14.9. The molecule has 1 saturated heterocycles. The number of para-hydroxylation sites is 1. The first kappa shape index (κ1) is 17.7. The number of hydrogen-bond donors (Lipinski definition) is 2. The van der Waals surface area contributed by atoms with Crippen LogP contribution in [0.15, 0.2) is 30.3 Å². The Morgan fingerprint density at radius 1 is 1.04 bits per heavy atom. The normalized spacial score (nSPS) is 20.3. The van der Waals surface area contributed by atoms with E-state index in [9.17, 15) is 9.59 Å². The fourth-order valence-corrected chi connectivity index (χ4v) is 3.68. The summed E-state index contributed by atoms with van der Waals surface area (Å²) < 4.78 is 0. The number of piperazine rings is 1. The minimum atomic E-state index is -0.355. The molecule has 1 aromatic carbocycles. The zero-order chi connectivity index (χ0) is 17.6. The summed E-state index contributed by atoms with van der Waals surface area (Å²) in [5.41, 5.74) is 1.22. The Hall–Kier alpha value is -2.08. The Balaban J connectivity index is 1.44. The smallest absolute Gasteiger partial charge is 0.321 e. The molecule has 0 bridgehead atoms. The molecule has 1 atom stereocenters. The van der Waals surface area contributed by atoms with Gasteiger partial charge in [0.2, 0.25) is 5.91 Å². The van der Waals surface area contributed by atoms with Crippen molar-refractivity contribution in [2.45, 2.75) is 44.7 Å². The lowest BCUT2D eigenvalue weighted by molar-refractivity contribution is -0.124. The van der Waals surface area contributed by atoms with Gasteiger partial charge in [-0.05, 0) is 31.9 Å². The number of carbonyl (C=O) groups excluding carboxylic acids is 2. The van der Waals surface area contributed by atoms with Crippen LogP contribution in [0.3, 0.4) is 0 Å². The highest BCUT2D eigenvalue weighted by Gasteiger charge is 2.27. The lowest BCUT2D eigenvalue weighted by atomic mass is 10.2. The quantitative estimate of drug-likeness (QED) is 0.876. The molecule has 6 heteroatoms. The Kier molecular flexibility index (Phi) is 5.91. The van der Waals surface area contributed by atoms with Gasteiger partial charge in [-0.1, -0.05) is 31.0 Å². The van der Waals surface area contributed by atoms with Gasteiger partial charge in [0.05, 0.1) is 6.04 Å². The standard InChI is InChI=1S/C19H28N4O2/c1-15(18(24)21-19(25)20-16-7-5-6-8-16)22-11-13-23(14-12-22)17-9-3-2-4-10-17/h2-4,9-10,15-16H,5-8,11-14H2,1H3,(H2,20,21,24,25)/t15-/m1/s1. The Morgan fingerprint density at radius 2 is 1.68 bits per heavy atom. The number of nitrogens with zero attached hydrogens (tertiary/aromatic N) is 2. The molecular weight excluding hydrogens is 316 g/mol. The van der Waals surface area contributed by atoms with Crippen LogP contribution in [0.1, 0.15) is 32.6 Å². The summed E-state index contributed by atoms with van der Waals surface area (Å²) in [5, 5.41) is 5.40. The lowest BCUT2D eigenvalue weighted by Gasteiger charge is -2.38. The molecule has 0 aromatic heterocycles. The van der Waals surface area contributed by atoms with Crippen LogP contribution < -0.4 is 15.5 Å². The molecule has 0 unspecified atom stereocenters. The summed E-state index contributed by atoms with van der Waals surface area (Å²) in [6, 6.07) is 9.89. The van der Waals surface area contributed by atoms with Gasteiger partial charge >= 0.3 is 6.03 Å². The lowest BCUT2D eigenvalue weighted by Crippen LogP contribution is -2.56. The van der Waals surface area contributed by atoms with Crippen LogP contribution in [0, 0.1) is 0 Å².